The number of carbonyl (C=O) groups excluding carboxylic acids is 1. The highest BCUT2D eigenvalue weighted by atomic mass is 16.6. The van der Waals surface area contributed by atoms with Crippen molar-refractivity contribution in [2.45, 2.75) is 20.8 Å². The van der Waals surface area contributed by atoms with E-state index in [0.29, 0.717) is 16.5 Å². The first-order chi connectivity index (χ1) is 10.9. The summed E-state index contributed by atoms with van der Waals surface area (Å²) in [6.45, 7) is 5.65. The van der Waals surface area contributed by atoms with Crippen LogP contribution in [0.1, 0.15) is 27.2 Å². The van der Waals surface area contributed by atoms with Crippen molar-refractivity contribution >= 4 is 22.5 Å². The van der Waals surface area contributed by atoms with Gasteiger partial charge in [-0.1, -0.05) is 18.2 Å². The maximum Gasteiger partial charge on any atom is 0.270 e. The first-order valence-electron chi connectivity index (χ1n) is 7.27. The summed E-state index contributed by atoms with van der Waals surface area (Å²) >= 11 is 0. The van der Waals surface area contributed by atoms with Crippen molar-refractivity contribution < 1.29 is 9.72 Å². The Morgan fingerprint density at radius 2 is 1.70 bits per heavy atom. The van der Waals surface area contributed by atoms with Crippen molar-refractivity contribution in [3.05, 3.63) is 75.0 Å². The van der Waals surface area contributed by atoms with Crippen molar-refractivity contribution in [1.29, 1.82) is 0 Å². The Kier molecular flexibility index (Phi) is 3.48. The SMILES string of the molecule is Cc1cccc(C)c1C(=O)n1c(C)cc2cc([N+](=O)[O-])ccc21. The molecule has 0 radical (unpaired) electrons. The number of fused-ring (bicyclic) bond motifs is 1. The van der Waals surface area contributed by atoms with E-state index in [-0.39, 0.29) is 11.6 Å². The van der Waals surface area contributed by atoms with E-state index in [1.807, 2.05) is 39.0 Å². The number of rotatable bonds is 2. The average Bonchev–Trinajstić information content (AvgIpc) is 2.81. The topological polar surface area (TPSA) is 65.1 Å². The van der Waals surface area contributed by atoms with E-state index < -0.39 is 4.92 Å². The summed E-state index contributed by atoms with van der Waals surface area (Å²) in [6, 6.07) is 12.1. The van der Waals surface area contributed by atoms with E-state index in [4.69, 9.17) is 0 Å². The number of nitro groups is 1. The van der Waals surface area contributed by atoms with Crippen molar-refractivity contribution in [3.63, 3.8) is 0 Å². The molecule has 23 heavy (non-hydrogen) atoms. The summed E-state index contributed by atoms with van der Waals surface area (Å²) in [6.07, 6.45) is 0. The first-order valence-corrected chi connectivity index (χ1v) is 7.27. The number of nitrogens with zero attached hydrogens (tertiary/aromatic N) is 2. The molecule has 3 aromatic rings. The molecule has 0 saturated carbocycles. The summed E-state index contributed by atoms with van der Waals surface area (Å²) in [5, 5.41) is 11.6. The molecule has 0 aliphatic heterocycles. The zero-order valence-electron chi connectivity index (χ0n) is 13.2. The Hall–Kier alpha value is -2.95. The van der Waals surface area contributed by atoms with Gasteiger partial charge in [-0.2, -0.15) is 0 Å². The van der Waals surface area contributed by atoms with Crippen LogP contribution in [-0.4, -0.2) is 15.4 Å². The van der Waals surface area contributed by atoms with E-state index in [1.54, 1.807) is 16.7 Å². The molecule has 3 rings (SSSR count). The van der Waals surface area contributed by atoms with Crippen LogP contribution >= 0.6 is 0 Å². The molecule has 1 heterocycles. The van der Waals surface area contributed by atoms with E-state index in [0.717, 1.165) is 16.8 Å². The molecule has 0 spiro atoms. The summed E-state index contributed by atoms with van der Waals surface area (Å²) in [7, 11) is 0. The van der Waals surface area contributed by atoms with Crippen LogP contribution in [0.4, 0.5) is 5.69 Å². The van der Waals surface area contributed by atoms with Crippen molar-refractivity contribution in [3.8, 4) is 0 Å². The Morgan fingerprint density at radius 3 is 2.30 bits per heavy atom. The number of hydrogen-bond donors (Lipinski definition) is 0. The maximum absolute atomic E-state index is 13.0. The van der Waals surface area contributed by atoms with Gasteiger partial charge in [0.2, 0.25) is 0 Å². The number of nitro benzene ring substituents is 1. The summed E-state index contributed by atoms with van der Waals surface area (Å²) in [5.41, 5.74) is 3.96. The zero-order valence-corrected chi connectivity index (χ0v) is 13.2. The van der Waals surface area contributed by atoms with Crippen LogP contribution in [0.3, 0.4) is 0 Å². The lowest BCUT2D eigenvalue weighted by Gasteiger charge is -2.12. The van der Waals surface area contributed by atoms with Crippen molar-refractivity contribution in [2.24, 2.45) is 0 Å². The van der Waals surface area contributed by atoms with Gasteiger partial charge in [0.1, 0.15) is 0 Å². The second-order valence-electron chi connectivity index (χ2n) is 5.69. The molecule has 2 aromatic carbocycles. The third kappa shape index (κ3) is 2.40. The highest BCUT2D eigenvalue weighted by Crippen LogP contribution is 2.26. The standard InChI is InChI=1S/C18H16N2O3/c1-11-5-4-6-12(2)17(11)18(21)19-13(3)9-14-10-15(20(22)23)7-8-16(14)19/h4-10H,1-3H3. The van der Waals surface area contributed by atoms with Crippen LogP contribution < -0.4 is 0 Å². The molecule has 1 aromatic heterocycles. The molecular weight excluding hydrogens is 292 g/mol. The second kappa shape index (κ2) is 5.35. The smallest absolute Gasteiger partial charge is 0.270 e. The van der Waals surface area contributed by atoms with Gasteiger partial charge < -0.3 is 0 Å². The van der Waals surface area contributed by atoms with E-state index in [2.05, 4.69) is 0 Å². The molecule has 0 N–H and O–H groups in total. The van der Waals surface area contributed by atoms with Gasteiger partial charge in [0.05, 0.1) is 10.4 Å². The van der Waals surface area contributed by atoms with Crippen LogP contribution in [0, 0.1) is 30.9 Å². The number of hydrogen-bond acceptors (Lipinski definition) is 3. The molecular formula is C18H16N2O3. The Labute approximate surface area is 133 Å². The summed E-state index contributed by atoms with van der Waals surface area (Å²) < 4.78 is 1.62. The molecule has 0 unspecified atom stereocenters. The van der Waals surface area contributed by atoms with E-state index >= 15 is 0 Å². The third-order valence-electron chi connectivity index (χ3n) is 4.08. The van der Waals surface area contributed by atoms with Crippen molar-refractivity contribution in [1.82, 2.24) is 4.57 Å². The minimum Gasteiger partial charge on any atom is -0.280 e. The lowest BCUT2D eigenvalue weighted by Crippen LogP contribution is -2.16. The number of non-ortho nitro benzene ring substituents is 1. The number of benzene rings is 2. The molecule has 0 aliphatic rings. The molecule has 116 valence electrons. The molecule has 5 heteroatoms. The average molecular weight is 308 g/mol. The molecule has 0 aliphatic carbocycles. The molecule has 5 nitrogen and oxygen atoms in total. The van der Waals surface area contributed by atoms with Crippen LogP contribution in [0.2, 0.25) is 0 Å². The molecule has 0 bridgehead atoms. The van der Waals surface area contributed by atoms with Gasteiger partial charge in [0.25, 0.3) is 11.6 Å². The Morgan fingerprint density at radius 1 is 1.04 bits per heavy atom. The minimum atomic E-state index is -0.431. The third-order valence-corrected chi connectivity index (χ3v) is 4.08. The maximum atomic E-state index is 13.0. The number of aromatic nitrogens is 1. The largest absolute Gasteiger partial charge is 0.280 e. The quantitative estimate of drug-likeness (QED) is 0.527. The highest BCUT2D eigenvalue weighted by molar-refractivity contribution is 6.05. The van der Waals surface area contributed by atoms with Gasteiger partial charge in [-0.25, -0.2) is 0 Å². The lowest BCUT2D eigenvalue weighted by atomic mass is 10.0. The fourth-order valence-electron chi connectivity index (χ4n) is 2.99. The second-order valence-corrected chi connectivity index (χ2v) is 5.69. The van der Waals surface area contributed by atoms with Crippen LogP contribution in [0.5, 0.6) is 0 Å². The molecule has 0 amide bonds. The summed E-state index contributed by atoms with van der Waals surface area (Å²) in [5.74, 6) is -0.109. The number of carbonyl (C=O) groups is 1. The predicted octanol–water partition coefficient (Wildman–Crippen LogP) is 4.16. The summed E-state index contributed by atoms with van der Waals surface area (Å²) in [4.78, 5) is 23.5. The fourth-order valence-corrected chi connectivity index (χ4v) is 2.99. The predicted molar refractivity (Wildman–Crippen MR) is 89.0 cm³/mol. The lowest BCUT2D eigenvalue weighted by molar-refractivity contribution is -0.384. The van der Waals surface area contributed by atoms with Gasteiger partial charge in [0, 0.05) is 28.8 Å². The molecule has 0 atom stereocenters. The molecule has 0 fully saturated rings. The van der Waals surface area contributed by atoms with Crippen molar-refractivity contribution in [2.75, 3.05) is 0 Å². The van der Waals surface area contributed by atoms with E-state index in [9.17, 15) is 14.9 Å². The van der Waals surface area contributed by atoms with Crippen LogP contribution in [-0.2, 0) is 0 Å². The van der Waals surface area contributed by atoms with E-state index in [1.165, 1.54) is 12.1 Å². The highest BCUT2D eigenvalue weighted by Gasteiger charge is 2.19. The normalized spacial score (nSPS) is 10.9. The van der Waals surface area contributed by atoms with Gasteiger partial charge >= 0.3 is 0 Å². The van der Waals surface area contributed by atoms with Gasteiger partial charge in [-0.05, 0) is 44.0 Å². The zero-order chi connectivity index (χ0) is 16.7. The van der Waals surface area contributed by atoms with Gasteiger partial charge in [0.15, 0.2) is 0 Å². The Balaban J connectivity index is 2.22. The number of aryl methyl sites for hydroxylation is 3. The minimum absolute atomic E-state index is 0.0224. The first kappa shape index (κ1) is 15.0. The fraction of sp³-hybridized carbons (Fsp3) is 0.167. The van der Waals surface area contributed by atoms with Gasteiger partial charge in [-0.3, -0.25) is 19.5 Å². The van der Waals surface area contributed by atoms with Gasteiger partial charge in [-0.15, -0.1) is 0 Å². The molecule has 0 saturated heterocycles. The monoisotopic (exact) mass is 308 g/mol. The van der Waals surface area contributed by atoms with Crippen LogP contribution in [0.25, 0.3) is 10.9 Å². The van der Waals surface area contributed by atoms with Crippen LogP contribution in [0.15, 0.2) is 42.5 Å². The Bertz CT molecular complexity index is 934.